The molecular formula is C33H33F4N5O2S. The van der Waals surface area contributed by atoms with Crippen LogP contribution in [0.3, 0.4) is 0 Å². The molecule has 0 aliphatic carbocycles. The average molecular weight is 640 g/mol. The first-order valence-electron chi connectivity index (χ1n) is 14.7. The van der Waals surface area contributed by atoms with Crippen LogP contribution in [0.2, 0.25) is 0 Å². The molecule has 0 spiro atoms. The molecule has 1 fully saturated rings. The molecule has 2 heterocycles. The van der Waals surface area contributed by atoms with Gasteiger partial charge in [-0.25, -0.2) is 14.1 Å². The number of alkyl halides is 3. The summed E-state index contributed by atoms with van der Waals surface area (Å²) in [6, 6.07) is 18.1. The number of rotatable bonds is 11. The fraction of sp³-hybridized carbons (Fsp3) is 0.333. The van der Waals surface area contributed by atoms with E-state index in [4.69, 9.17) is 0 Å². The van der Waals surface area contributed by atoms with Gasteiger partial charge < -0.3 is 9.64 Å². The van der Waals surface area contributed by atoms with Crippen molar-refractivity contribution in [1.29, 1.82) is 0 Å². The van der Waals surface area contributed by atoms with E-state index in [1.807, 2.05) is 43.0 Å². The number of thioether (sulfide) groups is 1. The van der Waals surface area contributed by atoms with Gasteiger partial charge in [0.2, 0.25) is 5.91 Å². The predicted octanol–water partition coefficient (Wildman–Crippen LogP) is 8.33. The van der Waals surface area contributed by atoms with Crippen LogP contribution >= 0.6 is 11.8 Å². The van der Waals surface area contributed by atoms with Crippen molar-refractivity contribution in [2.75, 3.05) is 17.2 Å². The quantitative estimate of drug-likeness (QED) is 0.121. The van der Waals surface area contributed by atoms with Gasteiger partial charge >= 0.3 is 6.36 Å². The van der Waals surface area contributed by atoms with E-state index in [0.717, 1.165) is 60.4 Å². The third-order valence-electron chi connectivity index (χ3n) is 7.29. The molecular weight excluding hydrogens is 606 g/mol. The van der Waals surface area contributed by atoms with Gasteiger partial charge in [0.15, 0.2) is 11.0 Å². The molecule has 0 bridgehead atoms. The molecule has 3 aromatic carbocycles. The van der Waals surface area contributed by atoms with Gasteiger partial charge in [0.25, 0.3) is 0 Å². The van der Waals surface area contributed by atoms with Gasteiger partial charge in [0.05, 0.1) is 5.69 Å². The Bertz CT molecular complexity index is 1640. The molecule has 0 radical (unpaired) electrons. The molecule has 1 saturated heterocycles. The number of halogens is 4. The smallest absolute Gasteiger partial charge is 0.406 e. The molecule has 1 aliphatic heterocycles. The summed E-state index contributed by atoms with van der Waals surface area (Å²) in [5.74, 6) is 0.763. The monoisotopic (exact) mass is 639 g/mol. The second-order valence-electron chi connectivity index (χ2n) is 11.0. The van der Waals surface area contributed by atoms with E-state index in [1.54, 1.807) is 23.9 Å². The van der Waals surface area contributed by atoms with E-state index in [0.29, 0.717) is 23.1 Å². The van der Waals surface area contributed by atoms with Gasteiger partial charge in [-0.1, -0.05) is 56.3 Å². The zero-order valence-corrected chi connectivity index (χ0v) is 25.7. The molecule has 0 N–H and O–H groups in total. The maximum atomic E-state index is 13.9. The maximum absolute atomic E-state index is 13.9. The summed E-state index contributed by atoms with van der Waals surface area (Å²) < 4.78 is 56.4. The van der Waals surface area contributed by atoms with Crippen molar-refractivity contribution in [1.82, 2.24) is 14.8 Å². The first kappa shape index (κ1) is 32.2. The lowest BCUT2D eigenvalue weighted by atomic mass is 10.0. The number of ether oxygens (including phenoxy) is 1. The molecule has 7 nitrogen and oxygen atoms in total. The lowest BCUT2D eigenvalue weighted by Crippen LogP contribution is -2.26. The van der Waals surface area contributed by atoms with Crippen molar-refractivity contribution in [3.63, 3.8) is 0 Å². The molecule has 1 amide bonds. The summed E-state index contributed by atoms with van der Waals surface area (Å²) in [5.41, 5.74) is 4.34. The lowest BCUT2D eigenvalue weighted by molar-refractivity contribution is -0.274. The second-order valence-corrected chi connectivity index (χ2v) is 12.0. The molecule has 5 rings (SSSR count). The fourth-order valence-electron chi connectivity index (χ4n) is 5.04. The molecule has 236 valence electrons. The number of unbranched alkanes of at least 4 members (excludes halogenated alkanes) is 2. The van der Waals surface area contributed by atoms with Crippen LogP contribution in [-0.2, 0) is 11.2 Å². The van der Waals surface area contributed by atoms with Crippen molar-refractivity contribution in [2.45, 2.75) is 58.2 Å². The number of aliphatic imine (C=N–C) groups is 1. The van der Waals surface area contributed by atoms with Crippen LogP contribution in [-0.4, -0.2) is 44.5 Å². The summed E-state index contributed by atoms with van der Waals surface area (Å²) in [4.78, 5) is 23.4. The van der Waals surface area contributed by atoms with Crippen LogP contribution in [0, 0.1) is 5.82 Å². The zero-order chi connectivity index (χ0) is 32.0. The van der Waals surface area contributed by atoms with Crippen molar-refractivity contribution in [3.05, 3.63) is 90.0 Å². The van der Waals surface area contributed by atoms with Gasteiger partial charge in [0, 0.05) is 30.0 Å². The highest BCUT2D eigenvalue weighted by atomic mass is 32.2. The number of aromatic nitrogens is 3. The number of hydrogen-bond acceptors (Lipinski definition) is 5. The van der Waals surface area contributed by atoms with E-state index in [9.17, 15) is 22.4 Å². The van der Waals surface area contributed by atoms with E-state index in [1.165, 1.54) is 41.3 Å². The number of carbonyl (C=O) groups excluding carboxylic acids is 1. The molecule has 0 atom stereocenters. The number of nitrogens with zero attached hydrogens (tertiary/aromatic N) is 5. The highest BCUT2D eigenvalue weighted by Crippen LogP contribution is 2.33. The minimum Gasteiger partial charge on any atom is -0.406 e. The Kier molecular flexibility index (Phi) is 10.2. The zero-order valence-electron chi connectivity index (χ0n) is 24.9. The SMILES string of the molecule is CC(C)c1cc(F)ccc1N1CCSC1=NC(=O)CCCCCc1ccc(-c2ncn(-c3ccc(OC(F)(F)F)cc3)n2)cc1. The number of benzene rings is 3. The fourth-order valence-corrected chi connectivity index (χ4v) is 6.01. The largest absolute Gasteiger partial charge is 0.573 e. The van der Waals surface area contributed by atoms with E-state index in [2.05, 4.69) is 19.8 Å². The molecule has 4 aromatic rings. The first-order chi connectivity index (χ1) is 21.6. The third-order valence-corrected chi connectivity index (χ3v) is 8.25. The predicted molar refractivity (Wildman–Crippen MR) is 168 cm³/mol. The number of anilines is 1. The van der Waals surface area contributed by atoms with Crippen LogP contribution in [0.15, 0.2) is 78.0 Å². The molecule has 0 unspecified atom stereocenters. The molecule has 1 aromatic heterocycles. The minimum absolute atomic E-state index is 0.139. The summed E-state index contributed by atoms with van der Waals surface area (Å²) in [7, 11) is 0. The van der Waals surface area contributed by atoms with Crippen LogP contribution < -0.4 is 9.64 Å². The van der Waals surface area contributed by atoms with Gasteiger partial charge in [-0.2, -0.15) is 4.99 Å². The Morgan fingerprint density at radius 3 is 2.49 bits per heavy atom. The summed E-state index contributed by atoms with van der Waals surface area (Å²) in [6.45, 7) is 4.79. The summed E-state index contributed by atoms with van der Waals surface area (Å²) >= 11 is 1.55. The first-order valence-corrected chi connectivity index (χ1v) is 15.7. The Morgan fingerprint density at radius 2 is 1.78 bits per heavy atom. The third kappa shape index (κ3) is 8.72. The maximum Gasteiger partial charge on any atom is 0.573 e. The van der Waals surface area contributed by atoms with Gasteiger partial charge in [-0.15, -0.1) is 18.3 Å². The highest BCUT2D eigenvalue weighted by Gasteiger charge is 2.31. The minimum atomic E-state index is -4.74. The number of amides is 1. The van der Waals surface area contributed by atoms with E-state index >= 15 is 0 Å². The van der Waals surface area contributed by atoms with E-state index < -0.39 is 6.36 Å². The van der Waals surface area contributed by atoms with Gasteiger partial charge in [-0.3, -0.25) is 4.79 Å². The van der Waals surface area contributed by atoms with E-state index in [-0.39, 0.29) is 23.4 Å². The Morgan fingerprint density at radius 1 is 1.02 bits per heavy atom. The normalized spacial score (nSPS) is 14.5. The second kappa shape index (κ2) is 14.3. The van der Waals surface area contributed by atoms with Crippen molar-refractivity contribution in [3.8, 4) is 22.8 Å². The topological polar surface area (TPSA) is 72.6 Å². The van der Waals surface area contributed by atoms with Gasteiger partial charge in [-0.05, 0) is 78.8 Å². The van der Waals surface area contributed by atoms with Crippen LogP contribution in [0.4, 0.5) is 23.2 Å². The number of aryl methyl sites for hydroxylation is 1. The van der Waals surface area contributed by atoms with Crippen LogP contribution in [0.25, 0.3) is 17.1 Å². The standard InChI is InChI=1S/C33H33F4N5O2S/c1-22(2)28-20-25(34)12-17-29(28)41-18-19-45-32(41)39-30(43)7-5-3-4-6-23-8-10-24(11-9-23)31-38-21-42(40-31)26-13-15-27(16-14-26)44-33(35,36)37/h8-17,20-22H,3-7,18-19H2,1-2H3. The van der Waals surface area contributed by atoms with Crippen LogP contribution in [0.1, 0.15) is 56.6 Å². The van der Waals surface area contributed by atoms with Crippen molar-refractivity contribution < 1.29 is 27.1 Å². The highest BCUT2D eigenvalue weighted by molar-refractivity contribution is 8.14. The molecule has 45 heavy (non-hydrogen) atoms. The van der Waals surface area contributed by atoms with Crippen LogP contribution in [0.5, 0.6) is 5.75 Å². The van der Waals surface area contributed by atoms with Crippen molar-refractivity contribution >= 4 is 28.5 Å². The van der Waals surface area contributed by atoms with Gasteiger partial charge in [0.1, 0.15) is 17.9 Å². The molecule has 1 aliphatic rings. The Balaban J connectivity index is 1.08. The molecule has 12 heteroatoms. The number of amidine groups is 1. The Labute approximate surface area is 263 Å². The lowest BCUT2D eigenvalue weighted by Gasteiger charge is -2.23. The number of hydrogen-bond donors (Lipinski definition) is 0. The van der Waals surface area contributed by atoms with Crippen molar-refractivity contribution in [2.24, 2.45) is 4.99 Å². The summed E-state index contributed by atoms with van der Waals surface area (Å²) in [5, 5.41) is 5.12. The number of carbonyl (C=O) groups is 1. The molecule has 0 saturated carbocycles. The Hall–Kier alpha value is -4.19. The average Bonchev–Trinajstić information content (AvgIpc) is 3.67. The summed E-state index contributed by atoms with van der Waals surface area (Å²) in [6.07, 6.45) is 0.571.